The molecular weight excluding hydrogens is 463 g/mol. The molecule has 0 spiro atoms. The first-order valence-electron chi connectivity index (χ1n) is 8.19. The van der Waals surface area contributed by atoms with Gasteiger partial charge in [-0.1, -0.05) is 23.9 Å². The van der Waals surface area contributed by atoms with Crippen molar-refractivity contribution in [2.75, 3.05) is 0 Å². The van der Waals surface area contributed by atoms with Crippen molar-refractivity contribution in [3.8, 4) is 0 Å². The second-order valence-electron chi connectivity index (χ2n) is 7.40. The van der Waals surface area contributed by atoms with Crippen LogP contribution in [-0.2, 0) is 24.7 Å². The maximum Gasteiger partial charge on any atom is -1.00 e. The summed E-state index contributed by atoms with van der Waals surface area (Å²) in [4.78, 5) is 0. The van der Waals surface area contributed by atoms with Gasteiger partial charge in [0.1, 0.15) is 0 Å². The number of benzene rings is 1. The molecule has 25 heavy (non-hydrogen) atoms. The average molecular weight is 484 g/mol. The molecule has 129 valence electrons. The molecule has 0 N–H and O–H groups in total. The van der Waals surface area contributed by atoms with Gasteiger partial charge in [-0.25, -0.2) is 0 Å². The monoisotopic (exact) mass is 481 g/mol. The van der Waals surface area contributed by atoms with Crippen LogP contribution in [0, 0.1) is 0 Å². The van der Waals surface area contributed by atoms with E-state index >= 15 is 0 Å². The molecule has 2 aliphatic carbocycles. The summed E-state index contributed by atoms with van der Waals surface area (Å²) in [6.07, 6.45) is 2.30. The van der Waals surface area contributed by atoms with Crippen LogP contribution in [0.4, 0.5) is 0 Å². The molecular formula is C20H21Cl2SSiZr. The quantitative estimate of drug-likeness (QED) is 0.467. The number of hydrogen-bond acceptors (Lipinski definition) is 1. The number of thiophene rings is 1. The molecule has 2 aromatic rings. The third-order valence-electron chi connectivity index (χ3n) is 5.61. The molecule has 2 aliphatic heterocycles. The van der Waals surface area contributed by atoms with Crippen molar-refractivity contribution >= 4 is 30.7 Å². The number of fused-ring (bicyclic) bond motifs is 1. The molecule has 0 fully saturated rings. The average Bonchev–Trinajstić information content (AvgIpc) is 3.18. The fraction of sp³-hybridized carbons (Fsp3) is 0.300. The molecule has 2 atom stereocenters. The van der Waals surface area contributed by atoms with Gasteiger partial charge in [0.15, 0.2) is 0 Å². The smallest absolute Gasteiger partial charge is 1.00 e. The second kappa shape index (κ2) is 7.60. The summed E-state index contributed by atoms with van der Waals surface area (Å²) in [7, 11) is -0.976. The Balaban J connectivity index is 0.000000168. The molecule has 3 heterocycles. The van der Waals surface area contributed by atoms with Crippen LogP contribution in [-0.4, -0.2) is 8.07 Å². The molecule has 0 radical (unpaired) electrons. The number of halogens is 2. The zero-order valence-electron chi connectivity index (χ0n) is 14.9. The van der Waals surface area contributed by atoms with Crippen LogP contribution in [0.1, 0.15) is 45.3 Å². The molecule has 5 heteroatoms. The van der Waals surface area contributed by atoms with E-state index in [4.69, 9.17) is 0 Å². The molecule has 1 aromatic heterocycles. The summed E-state index contributed by atoms with van der Waals surface area (Å²) in [5.74, 6) is 0. The maximum absolute atomic E-state index is 2.50. The van der Waals surface area contributed by atoms with Crippen molar-refractivity contribution in [2.24, 2.45) is 0 Å². The summed E-state index contributed by atoms with van der Waals surface area (Å²) in [6, 6.07) is 8.67. The van der Waals surface area contributed by atoms with Gasteiger partial charge >= 0.3 is 82.3 Å². The molecule has 6 rings (SSSR count). The van der Waals surface area contributed by atoms with E-state index in [1.165, 1.54) is 16.7 Å². The molecule has 2 unspecified atom stereocenters. The minimum Gasteiger partial charge on any atom is -1.00 e. The van der Waals surface area contributed by atoms with E-state index in [1.807, 2.05) is 11.3 Å². The normalized spacial score (nSPS) is 23.2. The predicted octanol–water partition coefficient (Wildman–Crippen LogP) is 0.119. The molecule has 4 aliphatic rings. The topological polar surface area (TPSA) is 0 Å². The Morgan fingerprint density at radius 3 is 2.28 bits per heavy atom. The van der Waals surface area contributed by atoms with Gasteiger partial charge in [0.25, 0.3) is 0 Å². The predicted molar refractivity (Wildman–Crippen MR) is 100.0 cm³/mol. The van der Waals surface area contributed by atoms with Gasteiger partial charge < -0.3 is 24.8 Å². The van der Waals surface area contributed by atoms with Gasteiger partial charge in [-0.2, -0.15) is 11.3 Å². The van der Waals surface area contributed by atoms with E-state index < -0.39 is 8.07 Å². The van der Waals surface area contributed by atoms with Crippen molar-refractivity contribution in [1.82, 2.24) is 0 Å². The van der Waals surface area contributed by atoms with Crippen LogP contribution in [0.3, 0.4) is 0 Å². The van der Waals surface area contributed by atoms with Crippen LogP contribution < -0.4 is 24.8 Å². The van der Waals surface area contributed by atoms with Gasteiger partial charge in [-0.3, -0.25) is 0 Å². The zero-order valence-corrected chi connectivity index (χ0v) is 20.6. The van der Waals surface area contributed by atoms with Gasteiger partial charge in [-0.15, -0.1) is 0 Å². The SMILES string of the molecule is CC1=C2c3cscc3C1[Si]2(C)C.CC1=Cc2ccccc2[CH]1[Zr+2].[Cl-].[Cl-]. The third-order valence-corrected chi connectivity index (χ3v) is 12.4. The summed E-state index contributed by atoms with van der Waals surface area (Å²) < 4.78 is 0.721. The van der Waals surface area contributed by atoms with Crippen LogP contribution in [0.5, 0.6) is 0 Å². The fourth-order valence-corrected chi connectivity index (χ4v) is 11.0. The van der Waals surface area contributed by atoms with Gasteiger partial charge in [0.05, 0.1) is 8.07 Å². The first-order chi connectivity index (χ1) is 10.9. The minimum atomic E-state index is -0.976. The summed E-state index contributed by atoms with van der Waals surface area (Å²) >= 11 is 3.47. The van der Waals surface area contributed by atoms with Gasteiger partial charge in [-0.05, 0) is 28.8 Å². The Bertz CT molecular complexity index is 866. The summed E-state index contributed by atoms with van der Waals surface area (Å²) in [5.41, 5.74) is 10.3. The Morgan fingerprint density at radius 2 is 1.68 bits per heavy atom. The number of allylic oxidation sites excluding steroid dienone is 2. The van der Waals surface area contributed by atoms with Crippen molar-refractivity contribution in [3.63, 3.8) is 0 Å². The standard InChI is InChI=1S/C10H12SSi.C10H9.2ClH.Zr/c1-6-9-7-4-11-5-8(7)10(6)12(9,2)3;1-8-6-9-4-2-3-5-10(9)7-8;;;/h4-5,9H,1-3H3;2-7H,1H3;2*1H;/q;;;;+2/p-2. The van der Waals surface area contributed by atoms with Crippen molar-refractivity contribution in [2.45, 2.75) is 36.1 Å². The van der Waals surface area contributed by atoms with E-state index in [9.17, 15) is 0 Å². The minimum absolute atomic E-state index is 0. The van der Waals surface area contributed by atoms with Crippen LogP contribution in [0.25, 0.3) is 11.3 Å². The first-order valence-corrected chi connectivity index (χ1v) is 13.6. The van der Waals surface area contributed by atoms with Crippen LogP contribution in [0.15, 0.2) is 46.2 Å². The fourth-order valence-electron chi connectivity index (χ4n) is 4.65. The maximum atomic E-state index is 2.50. The second-order valence-corrected chi connectivity index (χ2v) is 14.1. The van der Waals surface area contributed by atoms with Gasteiger partial charge in [0, 0.05) is 5.54 Å². The number of rotatable bonds is 0. The van der Waals surface area contributed by atoms with Crippen molar-refractivity contribution in [3.05, 3.63) is 68.4 Å². The largest absolute Gasteiger partial charge is 1.00 e. The van der Waals surface area contributed by atoms with Crippen LogP contribution in [0.2, 0.25) is 13.1 Å². The molecule has 0 saturated carbocycles. The molecule has 0 amide bonds. The first kappa shape index (κ1) is 21.4. The Morgan fingerprint density at radius 1 is 1.00 bits per heavy atom. The summed E-state index contributed by atoms with van der Waals surface area (Å²) in [5, 5.41) is 6.47. The number of hydrogen-bond donors (Lipinski definition) is 0. The van der Waals surface area contributed by atoms with E-state index in [2.05, 4.69) is 68.0 Å². The Hall–Kier alpha value is 0.0800. The van der Waals surface area contributed by atoms with Crippen molar-refractivity contribution in [1.29, 1.82) is 0 Å². The Labute approximate surface area is 183 Å². The van der Waals surface area contributed by atoms with E-state index in [0.717, 1.165) is 9.17 Å². The molecule has 2 bridgehead atoms. The van der Waals surface area contributed by atoms with Crippen LogP contribution >= 0.6 is 11.3 Å². The summed E-state index contributed by atoms with van der Waals surface area (Å²) in [6.45, 7) is 9.55. The Kier molecular flexibility index (Phi) is 6.50. The van der Waals surface area contributed by atoms with E-state index in [0.29, 0.717) is 0 Å². The van der Waals surface area contributed by atoms with Gasteiger partial charge in [0.2, 0.25) is 0 Å². The van der Waals surface area contributed by atoms with E-state index in [-0.39, 0.29) is 24.8 Å². The molecule has 1 aromatic carbocycles. The zero-order chi connectivity index (χ0) is 16.4. The van der Waals surface area contributed by atoms with E-state index in [1.54, 1.807) is 46.6 Å². The third kappa shape index (κ3) is 3.15. The molecule has 0 nitrogen and oxygen atoms in total. The van der Waals surface area contributed by atoms with Crippen molar-refractivity contribution < 1.29 is 49.5 Å². The molecule has 0 saturated heterocycles.